The lowest BCUT2D eigenvalue weighted by Gasteiger charge is -2.12. The topological polar surface area (TPSA) is 81.5 Å². The fourth-order valence-corrected chi connectivity index (χ4v) is 2.82. The van der Waals surface area contributed by atoms with Crippen molar-refractivity contribution in [2.24, 2.45) is 0 Å². The Bertz CT molecular complexity index is 789. The minimum absolute atomic E-state index is 0.237. The number of hydrogen-bond donors (Lipinski definition) is 0. The number of carbonyl (C=O) groups is 3. The molecule has 7 heteroatoms. The molecule has 0 atom stereocenters. The first-order chi connectivity index (χ1) is 10.7. The van der Waals surface area contributed by atoms with Gasteiger partial charge in [0, 0.05) is 6.54 Å². The highest BCUT2D eigenvalue weighted by molar-refractivity contribution is 6.21. The number of hydroxylamine groups is 2. The van der Waals surface area contributed by atoms with Crippen LogP contribution in [-0.4, -0.2) is 32.6 Å². The van der Waals surface area contributed by atoms with Crippen LogP contribution in [0, 0.1) is 0 Å². The van der Waals surface area contributed by atoms with Gasteiger partial charge >= 0.3 is 5.97 Å². The maximum absolute atomic E-state index is 12.2. The normalized spacial score (nSPS) is 15.9. The lowest BCUT2D eigenvalue weighted by Crippen LogP contribution is -2.32. The summed E-state index contributed by atoms with van der Waals surface area (Å²) in [5, 5.41) is 4.62. The van der Waals surface area contributed by atoms with E-state index in [0.29, 0.717) is 10.6 Å². The van der Waals surface area contributed by atoms with Crippen molar-refractivity contribution in [3.05, 3.63) is 52.8 Å². The van der Waals surface area contributed by atoms with Crippen molar-refractivity contribution in [1.82, 2.24) is 14.8 Å². The molecular formula is C15H11N3O4. The molecule has 2 aliphatic heterocycles. The summed E-state index contributed by atoms with van der Waals surface area (Å²) < 4.78 is 1.74. The number of rotatable bonds is 2. The second-order valence-corrected chi connectivity index (χ2v) is 5.16. The zero-order valence-electron chi connectivity index (χ0n) is 11.5. The van der Waals surface area contributed by atoms with Crippen LogP contribution < -0.4 is 0 Å². The summed E-state index contributed by atoms with van der Waals surface area (Å²) >= 11 is 0. The van der Waals surface area contributed by atoms with Crippen LogP contribution in [0.4, 0.5) is 0 Å². The third kappa shape index (κ3) is 1.68. The Balaban J connectivity index is 1.61. The molecule has 2 aromatic rings. The summed E-state index contributed by atoms with van der Waals surface area (Å²) in [5.74, 6) is -1.99. The van der Waals surface area contributed by atoms with Gasteiger partial charge in [-0.2, -0.15) is 5.10 Å². The van der Waals surface area contributed by atoms with Gasteiger partial charge < -0.3 is 4.84 Å². The predicted octanol–water partition coefficient (Wildman–Crippen LogP) is 1.20. The molecule has 0 saturated carbocycles. The third-order valence-corrected chi connectivity index (χ3v) is 3.88. The molecule has 1 aromatic heterocycles. The molecule has 110 valence electrons. The molecule has 2 amide bonds. The van der Waals surface area contributed by atoms with Gasteiger partial charge in [-0.05, 0) is 25.0 Å². The average Bonchev–Trinajstić information content (AvgIpc) is 3.18. The lowest BCUT2D eigenvalue weighted by atomic mass is 10.1. The van der Waals surface area contributed by atoms with Crippen LogP contribution >= 0.6 is 0 Å². The Morgan fingerprint density at radius 1 is 1.14 bits per heavy atom. The van der Waals surface area contributed by atoms with Crippen molar-refractivity contribution in [2.75, 3.05) is 0 Å². The van der Waals surface area contributed by atoms with E-state index in [1.54, 1.807) is 16.8 Å². The number of aromatic nitrogens is 2. The van der Waals surface area contributed by atoms with Gasteiger partial charge in [0.15, 0.2) is 0 Å². The minimum atomic E-state index is -0.738. The molecule has 7 nitrogen and oxygen atoms in total. The molecule has 0 spiro atoms. The Kier molecular flexibility index (Phi) is 2.62. The van der Waals surface area contributed by atoms with E-state index < -0.39 is 17.8 Å². The zero-order chi connectivity index (χ0) is 15.3. The molecule has 4 rings (SSSR count). The van der Waals surface area contributed by atoms with Crippen LogP contribution in [0.1, 0.15) is 43.2 Å². The summed E-state index contributed by atoms with van der Waals surface area (Å²) in [7, 11) is 0. The Morgan fingerprint density at radius 2 is 1.82 bits per heavy atom. The molecule has 22 heavy (non-hydrogen) atoms. The van der Waals surface area contributed by atoms with E-state index >= 15 is 0 Å². The lowest BCUT2D eigenvalue weighted by molar-refractivity contribution is -0.0585. The summed E-state index contributed by atoms with van der Waals surface area (Å²) in [6.07, 6.45) is 3.05. The maximum atomic E-state index is 12.2. The SMILES string of the molecule is O=C(ON1C(=O)c2ccccc2C1=O)c1cnn2c1CCC2. The molecule has 0 fully saturated rings. The summed E-state index contributed by atoms with van der Waals surface area (Å²) in [6, 6.07) is 6.36. The highest BCUT2D eigenvalue weighted by Crippen LogP contribution is 2.25. The van der Waals surface area contributed by atoms with E-state index in [9.17, 15) is 14.4 Å². The van der Waals surface area contributed by atoms with Gasteiger partial charge in [-0.25, -0.2) is 4.79 Å². The Labute approximate surface area is 125 Å². The number of aryl methyl sites for hydroxylation is 1. The number of imide groups is 1. The summed E-state index contributed by atoms with van der Waals surface area (Å²) in [5.41, 5.74) is 1.55. The minimum Gasteiger partial charge on any atom is -0.324 e. The van der Waals surface area contributed by atoms with E-state index in [1.165, 1.54) is 18.3 Å². The highest BCUT2D eigenvalue weighted by atomic mass is 16.7. The van der Waals surface area contributed by atoms with Gasteiger partial charge in [0.25, 0.3) is 11.8 Å². The second kappa shape index (κ2) is 4.52. The van der Waals surface area contributed by atoms with Gasteiger partial charge in [-0.3, -0.25) is 14.3 Å². The van der Waals surface area contributed by atoms with E-state index in [1.807, 2.05) is 0 Å². The molecule has 0 unspecified atom stereocenters. The maximum Gasteiger partial charge on any atom is 0.367 e. The van der Waals surface area contributed by atoms with Gasteiger partial charge in [0.2, 0.25) is 0 Å². The number of benzene rings is 1. The molecule has 0 N–H and O–H groups in total. The van der Waals surface area contributed by atoms with Crippen LogP contribution in [0.2, 0.25) is 0 Å². The number of nitrogens with zero attached hydrogens (tertiary/aromatic N) is 3. The van der Waals surface area contributed by atoms with Crippen LogP contribution in [0.25, 0.3) is 0 Å². The van der Waals surface area contributed by atoms with E-state index in [2.05, 4.69) is 5.10 Å². The van der Waals surface area contributed by atoms with E-state index in [0.717, 1.165) is 25.1 Å². The van der Waals surface area contributed by atoms with Crippen molar-refractivity contribution in [3.63, 3.8) is 0 Å². The summed E-state index contributed by atoms with van der Waals surface area (Å²) in [6.45, 7) is 0.760. The fourth-order valence-electron chi connectivity index (χ4n) is 2.82. The van der Waals surface area contributed by atoms with Gasteiger partial charge in [0.1, 0.15) is 5.56 Å². The molecule has 0 radical (unpaired) electrons. The summed E-state index contributed by atoms with van der Waals surface area (Å²) in [4.78, 5) is 41.6. The third-order valence-electron chi connectivity index (χ3n) is 3.88. The van der Waals surface area contributed by atoms with Crippen molar-refractivity contribution in [1.29, 1.82) is 0 Å². The smallest absolute Gasteiger partial charge is 0.324 e. The highest BCUT2D eigenvalue weighted by Gasteiger charge is 2.39. The number of fused-ring (bicyclic) bond motifs is 2. The number of carbonyl (C=O) groups excluding carboxylic acids is 3. The molecule has 1 aromatic carbocycles. The standard InChI is InChI=1S/C15H11N3O4/c19-13-9-4-1-2-5-10(9)14(20)18(13)22-15(21)11-8-16-17-7-3-6-12(11)17/h1-2,4-5,8H,3,6-7H2. The number of amides is 2. The first-order valence-corrected chi connectivity index (χ1v) is 6.91. The second-order valence-electron chi connectivity index (χ2n) is 5.16. The van der Waals surface area contributed by atoms with E-state index in [4.69, 9.17) is 4.84 Å². The monoisotopic (exact) mass is 297 g/mol. The van der Waals surface area contributed by atoms with Gasteiger partial charge in [-0.1, -0.05) is 17.2 Å². The van der Waals surface area contributed by atoms with Crippen molar-refractivity contribution < 1.29 is 19.2 Å². The Morgan fingerprint density at radius 3 is 2.50 bits per heavy atom. The number of hydrogen-bond acceptors (Lipinski definition) is 5. The molecule has 0 bridgehead atoms. The molecule has 3 heterocycles. The van der Waals surface area contributed by atoms with Gasteiger partial charge in [0.05, 0.1) is 23.0 Å². The molecule has 2 aliphatic rings. The van der Waals surface area contributed by atoms with Crippen LogP contribution in [0.15, 0.2) is 30.5 Å². The van der Waals surface area contributed by atoms with Crippen LogP contribution in [-0.2, 0) is 17.8 Å². The first-order valence-electron chi connectivity index (χ1n) is 6.91. The predicted molar refractivity (Wildman–Crippen MR) is 72.9 cm³/mol. The zero-order valence-corrected chi connectivity index (χ0v) is 11.5. The van der Waals surface area contributed by atoms with Crippen LogP contribution in [0.5, 0.6) is 0 Å². The molecule has 0 saturated heterocycles. The average molecular weight is 297 g/mol. The van der Waals surface area contributed by atoms with Crippen molar-refractivity contribution >= 4 is 17.8 Å². The quantitative estimate of drug-likeness (QED) is 0.778. The first kappa shape index (κ1) is 12.8. The van der Waals surface area contributed by atoms with Crippen LogP contribution in [0.3, 0.4) is 0 Å². The fraction of sp³-hybridized carbons (Fsp3) is 0.200. The largest absolute Gasteiger partial charge is 0.367 e. The van der Waals surface area contributed by atoms with Gasteiger partial charge in [-0.15, -0.1) is 0 Å². The molecular weight excluding hydrogens is 286 g/mol. The van der Waals surface area contributed by atoms with Crippen molar-refractivity contribution in [3.8, 4) is 0 Å². The molecule has 0 aliphatic carbocycles. The Hall–Kier alpha value is -2.96. The van der Waals surface area contributed by atoms with Crippen molar-refractivity contribution in [2.45, 2.75) is 19.4 Å². The van der Waals surface area contributed by atoms with E-state index in [-0.39, 0.29) is 11.1 Å².